The van der Waals surface area contributed by atoms with Crippen LogP contribution in [0.3, 0.4) is 0 Å². The van der Waals surface area contributed by atoms with Crippen LogP contribution in [0.2, 0.25) is 10.3 Å². The van der Waals surface area contributed by atoms with Gasteiger partial charge in [0.05, 0.1) is 20.8 Å². The molecule has 178 valence electrons. The Morgan fingerprint density at radius 3 is 2.30 bits per heavy atom. The molecule has 2 aromatic rings. The highest BCUT2D eigenvalue weighted by molar-refractivity contribution is 6.33. The quantitative estimate of drug-likeness (QED) is 0.235. The van der Waals surface area contributed by atoms with E-state index in [-0.39, 0.29) is 39.4 Å². The van der Waals surface area contributed by atoms with Crippen LogP contribution in [0, 0.1) is 11.2 Å². The lowest BCUT2D eigenvalue weighted by atomic mass is 9.80. The second-order valence-electron chi connectivity index (χ2n) is 7.26. The molecule has 8 nitrogen and oxygen atoms in total. The maximum atomic E-state index is 15.0. The van der Waals surface area contributed by atoms with E-state index in [1.165, 1.54) is 46.1 Å². The molecule has 2 rings (SSSR count). The average molecular weight is 502 g/mol. The van der Waals surface area contributed by atoms with Gasteiger partial charge in [-0.3, -0.25) is 4.79 Å². The molecular formula is C22H22Cl2FNO7. The van der Waals surface area contributed by atoms with Crippen LogP contribution in [0.25, 0.3) is 11.1 Å². The molecular weight excluding hydrogens is 480 g/mol. The molecule has 0 aliphatic heterocycles. The van der Waals surface area contributed by atoms with Crippen LogP contribution in [-0.2, 0) is 28.6 Å². The van der Waals surface area contributed by atoms with E-state index < -0.39 is 35.2 Å². The summed E-state index contributed by atoms with van der Waals surface area (Å²) in [5, 5.41) is -0.355. The normalized spacial score (nSPS) is 12.0. The Hall–Kier alpha value is -2.91. The minimum absolute atomic E-state index is 0.00912. The molecule has 0 fully saturated rings. The molecule has 0 aliphatic rings. The zero-order chi connectivity index (χ0) is 24.9. The van der Waals surface area contributed by atoms with Crippen LogP contribution in [0.4, 0.5) is 4.39 Å². The Kier molecular flexibility index (Phi) is 8.63. The van der Waals surface area contributed by atoms with E-state index in [9.17, 15) is 18.8 Å². The zero-order valence-electron chi connectivity index (χ0n) is 18.5. The molecule has 1 aromatic heterocycles. The summed E-state index contributed by atoms with van der Waals surface area (Å²) in [6.45, 7) is 4.23. The van der Waals surface area contributed by atoms with Gasteiger partial charge in [-0.15, -0.1) is 0 Å². The SMILES string of the molecule is CCOC(=O)C(=O)OC(c1c(-c2ccc(OC)cc2F)cc(Cl)nc1Cl)C(C)(C)C(=O)OC. The van der Waals surface area contributed by atoms with Crippen LogP contribution in [0.5, 0.6) is 5.75 Å². The average Bonchev–Trinajstić information content (AvgIpc) is 2.76. The molecule has 0 saturated heterocycles. The third-order valence-electron chi connectivity index (χ3n) is 4.74. The van der Waals surface area contributed by atoms with Gasteiger partial charge in [-0.25, -0.2) is 19.0 Å². The molecule has 1 unspecified atom stereocenters. The standard InChI is InChI=1S/C22H22Cl2FNO7/c1-6-32-19(27)20(28)33-17(22(2,3)21(29)31-5)16-13(10-15(23)26-18(16)24)12-8-7-11(30-4)9-14(12)25/h7-10,17H,6H2,1-5H3. The Bertz CT molecular complexity index is 1070. The van der Waals surface area contributed by atoms with E-state index >= 15 is 0 Å². The number of ether oxygens (including phenoxy) is 4. The highest BCUT2D eigenvalue weighted by Gasteiger charge is 2.45. The van der Waals surface area contributed by atoms with Gasteiger partial charge in [0, 0.05) is 17.2 Å². The summed E-state index contributed by atoms with van der Waals surface area (Å²) in [7, 11) is 2.52. The fourth-order valence-corrected chi connectivity index (χ4v) is 3.62. The molecule has 0 amide bonds. The van der Waals surface area contributed by atoms with Gasteiger partial charge < -0.3 is 18.9 Å². The van der Waals surface area contributed by atoms with Crippen molar-refractivity contribution in [1.29, 1.82) is 0 Å². The number of pyridine rings is 1. The largest absolute Gasteiger partial charge is 0.497 e. The van der Waals surface area contributed by atoms with Crippen LogP contribution < -0.4 is 4.74 Å². The van der Waals surface area contributed by atoms with Gasteiger partial charge in [-0.2, -0.15) is 0 Å². The molecule has 0 radical (unpaired) electrons. The number of carbonyl (C=O) groups excluding carboxylic acids is 3. The monoisotopic (exact) mass is 501 g/mol. The molecule has 1 aromatic carbocycles. The van der Waals surface area contributed by atoms with Gasteiger partial charge in [0.25, 0.3) is 0 Å². The van der Waals surface area contributed by atoms with E-state index in [0.29, 0.717) is 0 Å². The molecule has 0 saturated carbocycles. The lowest BCUT2D eigenvalue weighted by Crippen LogP contribution is -2.37. The van der Waals surface area contributed by atoms with Crippen molar-refractivity contribution < 1.29 is 37.7 Å². The molecule has 1 atom stereocenters. The van der Waals surface area contributed by atoms with Crippen LogP contribution in [0.1, 0.15) is 32.4 Å². The third-order valence-corrected chi connectivity index (χ3v) is 5.23. The number of rotatable bonds is 7. The van der Waals surface area contributed by atoms with Gasteiger partial charge in [-0.1, -0.05) is 23.2 Å². The summed E-state index contributed by atoms with van der Waals surface area (Å²) in [6.07, 6.45) is -1.53. The maximum Gasteiger partial charge on any atom is 0.418 e. The number of hydrogen-bond donors (Lipinski definition) is 0. The molecule has 1 heterocycles. The second-order valence-corrected chi connectivity index (χ2v) is 8.01. The van der Waals surface area contributed by atoms with E-state index in [2.05, 4.69) is 9.72 Å². The molecule has 0 N–H and O–H groups in total. The van der Waals surface area contributed by atoms with Gasteiger partial charge >= 0.3 is 17.9 Å². The summed E-state index contributed by atoms with van der Waals surface area (Å²) in [5.41, 5.74) is -1.56. The maximum absolute atomic E-state index is 15.0. The number of nitrogens with zero attached hydrogens (tertiary/aromatic N) is 1. The van der Waals surface area contributed by atoms with Crippen molar-refractivity contribution in [3.63, 3.8) is 0 Å². The number of methoxy groups -OCH3 is 2. The number of carbonyl (C=O) groups is 3. The number of aromatic nitrogens is 1. The summed E-state index contributed by atoms with van der Waals surface area (Å²) >= 11 is 12.4. The Morgan fingerprint density at radius 1 is 1.09 bits per heavy atom. The zero-order valence-corrected chi connectivity index (χ0v) is 20.0. The van der Waals surface area contributed by atoms with Crippen molar-refractivity contribution in [3.05, 3.63) is 46.0 Å². The molecule has 11 heteroatoms. The number of hydrogen-bond acceptors (Lipinski definition) is 8. The smallest absolute Gasteiger partial charge is 0.418 e. The number of benzene rings is 1. The number of esters is 3. The summed E-state index contributed by atoms with van der Waals surface area (Å²) in [6, 6.07) is 5.32. The highest BCUT2D eigenvalue weighted by atomic mass is 35.5. The van der Waals surface area contributed by atoms with E-state index in [0.717, 1.165) is 13.2 Å². The topological polar surface area (TPSA) is 101 Å². The Labute approximate surface area is 199 Å². The predicted molar refractivity (Wildman–Crippen MR) is 117 cm³/mol. The fourth-order valence-electron chi connectivity index (χ4n) is 3.09. The highest BCUT2D eigenvalue weighted by Crippen LogP contribution is 2.46. The minimum atomic E-state index is -1.59. The number of halogens is 3. The predicted octanol–water partition coefficient (Wildman–Crippen LogP) is 4.55. The lowest BCUT2D eigenvalue weighted by molar-refractivity contribution is -0.179. The fraction of sp³-hybridized carbons (Fsp3) is 0.364. The molecule has 33 heavy (non-hydrogen) atoms. The van der Waals surface area contributed by atoms with E-state index in [1.807, 2.05) is 0 Å². The van der Waals surface area contributed by atoms with Crippen molar-refractivity contribution in [2.75, 3.05) is 20.8 Å². The van der Waals surface area contributed by atoms with Crippen molar-refractivity contribution in [2.24, 2.45) is 5.41 Å². The first-order valence-electron chi connectivity index (χ1n) is 9.63. The van der Waals surface area contributed by atoms with Gasteiger partial charge in [-0.05, 0) is 44.5 Å². The summed E-state index contributed by atoms with van der Waals surface area (Å²) in [5.74, 6) is -3.91. The first-order valence-corrected chi connectivity index (χ1v) is 10.4. The van der Waals surface area contributed by atoms with Crippen molar-refractivity contribution in [1.82, 2.24) is 4.98 Å². The lowest BCUT2D eigenvalue weighted by Gasteiger charge is -2.32. The van der Waals surface area contributed by atoms with Gasteiger partial charge in [0.2, 0.25) is 0 Å². The minimum Gasteiger partial charge on any atom is -0.497 e. The van der Waals surface area contributed by atoms with Gasteiger partial charge in [0.1, 0.15) is 33.4 Å². The van der Waals surface area contributed by atoms with Crippen molar-refractivity contribution in [2.45, 2.75) is 26.9 Å². The van der Waals surface area contributed by atoms with E-state index in [4.69, 9.17) is 37.4 Å². The van der Waals surface area contributed by atoms with Crippen molar-refractivity contribution >= 4 is 41.1 Å². The van der Waals surface area contributed by atoms with Crippen LogP contribution >= 0.6 is 23.2 Å². The second kappa shape index (κ2) is 10.8. The molecule has 0 spiro atoms. The third kappa shape index (κ3) is 5.72. The molecule has 0 aliphatic carbocycles. The van der Waals surface area contributed by atoms with E-state index in [1.54, 1.807) is 0 Å². The Morgan fingerprint density at radius 2 is 1.76 bits per heavy atom. The summed E-state index contributed by atoms with van der Waals surface area (Å²) < 4.78 is 34.9. The Balaban J connectivity index is 2.79. The first kappa shape index (κ1) is 26.3. The van der Waals surface area contributed by atoms with Gasteiger partial charge in [0.15, 0.2) is 0 Å². The first-order chi connectivity index (χ1) is 15.5. The summed E-state index contributed by atoms with van der Waals surface area (Å²) in [4.78, 5) is 40.9. The van der Waals surface area contributed by atoms with Crippen LogP contribution in [-0.4, -0.2) is 43.7 Å². The van der Waals surface area contributed by atoms with Crippen LogP contribution in [0.15, 0.2) is 24.3 Å². The van der Waals surface area contributed by atoms with Crippen molar-refractivity contribution in [3.8, 4) is 16.9 Å². The molecule has 0 bridgehead atoms.